The molecule has 1 aliphatic heterocycles. The molecule has 1 saturated heterocycles. The summed E-state index contributed by atoms with van der Waals surface area (Å²) < 4.78 is 28.3. The standard InChI is InChI=1S/C26H39NO8/c1-16-10-17(2)12-19(11-16)33-20-13-18(3)32-22(28)21(15-31-14-20)27(23(29)34-25(4,5)6)24(30)35-26(7,8)9/h10-12,18,20-21H,13-15H2,1-9H3/t18?,20?,21-/m0/s1. The first-order valence-corrected chi connectivity index (χ1v) is 11.8. The topological polar surface area (TPSA) is 101 Å². The number of cyclic esters (lactones) is 1. The van der Waals surface area contributed by atoms with E-state index in [1.54, 1.807) is 48.5 Å². The summed E-state index contributed by atoms with van der Waals surface area (Å²) in [6.45, 7) is 15.5. The Kier molecular flexibility index (Phi) is 9.17. The van der Waals surface area contributed by atoms with Gasteiger partial charge < -0.3 is 23.7 Å². The Morgan fingerprint density at radius 2 is 1.43 bits per heavy atom. The van der Waals surface area contributed by atoms with Crippen LogP contribution in [0, 0.1) is 13.8 Å². The van der Waals surface area contributed by atoms with Crippen LogP contribution in [0.3, 0.4) is 0 Å². The summed E-state index contributed by atoms with van der Waals surface area (Å²) >= 11 is 0. The smallest absolute Gasteiger partial charge is 0.420 e. The van der Waals surface area contributed by atoms with Crippen molar-refractivity contribution < 1.29 is 38.1 Å². The second kappa shape index (κ2) is 11.3. The lowest BCUT2D eigenvalue weighted by Gasteiger charge is -2.32. The Labute approximate surface area is 208 Å². The van der Waals surface area contributed by atoms with Gasteiger partial charge in [-0.05, 0) is 85.6 Å². The minimum Gasteiger partial charge on any atom is -0.488 e. The fourth-order valence-electron chi connectivity index (χ4n) is 3.55. The molecule has 1 heterocycles. The molecule has 0 spiro atoms. The highest BCUT2D eigenvalue weighted by atomic mass is 16.6. The molecular weight excluding hydrogens is 454 g/mol. The molecule has 2 rings (SSSR count). The summed E-state index contributed by atoms with van der Waals surface area (Å²) in [7, 11) is 0. The first-order valence-electron chi connectivity index (χ1n) is 11.8. The number of ether oxygens (including phenoxy) is 5. The van der Waals surface area contributed by atoms with E-state index in [0.29, 0.717) is 17.1 Å². The SMILES string of the molecule is Cc1cc(C)cc(OC2COC[C@H](N(C(=O)OC(C)(C)C)C(=O)OC(C)(C)C)C(=O)OC(C)C2)c1. The predicted molar refractivity (Wildman–Crippen MR) is 129 cm³/mol. The van der Waals surface area contributed by atoms with Crippen LogP contribution in [0.2, 0.25) is 0 Å². The summed E-state index contributed by atoms with van der Waals surface area (Å²) in [6.07, 6.45) is -2.64. The third-order valence-electron chi connectivity index (χ3n) is 4.75. The van der Waals surface area contributed by atoms with Crippen LogP contribution in [-0.2, 0) is 23.7 Å². The first kappa shape index (κ1) is 28.4. The Morgan fingerprint density at radius 1 is 0.914 bits per heavy atom. The fraction of sp³-hybridized carbons (Fsp3) is 0.654. The van der Waals surface area contributed by atoms with Crippen LogP contribution in [0.5, 0.6) is 5.75 Å². The van der Waals surface area contributed by atoms with Gasteiger partial charge >= 0.3 is 18.2 Å². The van der Waals surface area contributed by atoms with Crippen molar-refractivity contribution in [1.82, 2.24) is 4.90 Å². The van der Waals surface area contributed by atoms with Crippen molar-refractivity contribution in [3.8, 4) is 5.75 Å². The maximum absolute atomic E-state index is 13.1. The zero-order valence-electron chi connectivity index (χ0n) is 22.3. The number of esters is 1. The molecule has 1 aliphatic rings. The number of aryl methyl sites for hydroxylation is 2. The van der Waals surface area contributed by atoms with E-state index in [2.05, 4.69) is 0 Å². The molecule has 9 nitrogen and oxygen atoms in total. The van der Waals surface area contributed by atoms with E-state index in [9.17, 15) is 14.4 Å². The van der Waals surface area contributed by atoms with Crippen molar-refractivity contribution in [2.24, 2.45) is 0 Å². The van der Waals surface area contributed by atoms with Crippen molar-refractivity contribution in [2.75, 3.05) is 13.2 Å². The Bertz CT molecular complexity index is 867. The van der Waals surface area contributed by atoms with Crippen LogP contribution >= 0.6 is 0 Å². The van der Waals surface area contributed by atoms with E-state index in [4.69, 9.17) is 23.7 Å². The monoisotopic (exact) mass is 493 g/mol. The number of carbonyl (C=O) groups excluding carboxylic acids is 3. The number of amides is 2. The molecule has 0 radical (unpaired) electrons. The molecule has 0 aliphatic carbocycles. The molecule has 2 unspecified atom stereocenters. The molecule has 1 aromatic carbocycles. The largest absolute Gasteiger partial charge is 0.488 e. The lowest BCUT2D eigenvalue weighted by atomic mass is 10.1. The number of rotatable bonds is 3. The quantitative estimate of drug-likeness (QED) is 0.431. The van der Waals surface area contributed by atoms with Crippen molar-refractivity contribution in [3.05, 3.63) is 29.3 Å². The predicted octanol–water partition coefficient (Wildman–Crippen LogP) is 4.94. The van der Waals surface area contributed by atoms with Gasteiger partial charge in [-0.2, -0.15) is 4.90 Å². The highest BCUT2D eigenvalue weighted by molar-refractivity contribution is 5.94. The highest BCUT2D eigenvalue weighted by Gasteiger charge is 2.42. The summed E-state index contributed by atoms with van der Waals surface area (Å²) in [5.41, 5.74) is 0.320. The second-order valence-corrected chi connectivity index (χ2v) is 10.9. The average molecular weight is 494 g/mol. The Morgan fingerprint density at radius 3 is 1.91 bits per heavy atom. The van der Waals surface area contributed by atoms with E-state index in [0.717, 1.165) is 11.1 Å². The van der Waals surface area contributed by atoms with Gasteiger partial charge in [-0.25, -0.2) is 14.4 Å². The highest BCUT2D eigenvalue weighted by Crippen LogP contribution is 2.23. The van der Waals surface area contributed by atoms with Gasteiger partial charge in [0.05, 0.1) is 13.2 Å². The molecule has 0 bridgehead atoms. The summed E-state index contributed by atoms with van der Waals surface area (Å²) in [4.78, 5) is 39.7. The van der Waals surface area contributed by atoms with Gasteiger partial charge in [-0.3, -0.25) is 0 Å². The minimum absolute atomic E-state index is 0.126. The Balaban J connectivity index is 2.27. The van der Waals surface area contributed by atoms with Crippen molar-refractivity contribution in [2.45, 2.75) is 98.2 Å². The van der Waals surface area contributed by atoms with Gasteiger partial charge in [0, 0.05) is 6.42 Å². The van der Waals surface area contributed by atoms with Crippen molar-refractivity contribution in [3.63, 3.8) is 0 Å². The molecule has 0 saturated carbocycles. The minimum atomic E-state index is -1.39. The molecule has 9 heteroatoms. The first-order chi connectivity index (χ1) is 16.0. The van der Waals surface area contributed by atoms with Crippen LogP contribution < -0.4 is 4.74 Å². The molecular formula is C26H39NO8. The zero-order valence-corrected chi connectivity index (χ0v) is 22.3. The summed E-state index contributed by atoms with van der Waals surface area (Å²) in [5.74, 6) is -0.101. The number of nitrogens with zero attached hydrogens (tertiary/aromatic N) is 1. The third-order valence-corrected chi connectivity index (χ3v) is 4.75. The second-order valence-electron chi connectivity index (χ2n) is 10.9. The molecule has 1 fully saturated rings. The number of imide groups is 1. The van der Waals surface area contributed by atoms with E-state index in [1.807, 2.05) is 32.0 Å². The molecule has 35 heavy (non-hydrogen) atoms. The lowest BCUT2D eigenvalue weighted by Crippen LogP contribution is -2.54. The number of hydrogen-bond acceptors (Lipinski definition) is 8. The van der Waals surface area contributed by atoms with Crippen molar-refractivity contribution >= 4 is 18.2 Å². The maximum atomic E-state index is 13.1. The maximum Gasteiger partial charge on any atom is 0.420 e. The molecule has 196 valence electrons. The van der Waals surface area contributed by atoms with Crippen LogP contribution in [0.4, 0.5) is 9.59 Å². The van der Waals surface area contributed by atoms with E-state index in [-0.39, 0.29) is 13.2 Å². The van der Waals surface area contributed by atoms with Gasteiger partial charge in [0.25, 0.3) is 0 Å². The number of benzene rings is 1. The van der Waals surface area contributed by atoms with Crippen molar-refractivity contribution in [1.29, 1.82) is 0 Å². The van der Waals surface area contributed by atoms with Crippen LogP contribution in [-0.4, -0.2) is 65.7 Å². The van der Waals surface area contributed by atoms with Gasteiger partial charge in [-0.15, -0.1) is 0 Å². The molecule has 0 aromatic heterocycles. The van der Waals surface area contributed by atoms with Gasteiger partial charge in [0.1, 0.15) is 29.2 Å². The molecule has 2 amide bonds. The number of carbonyl (C=O) groups is 3. The third kappa shape index (κ3) is 9.39. The van der Waals surface area contributed by atoms with Crippen LogP contribution in [0.25, 0.3) is 0 Å². The van der Waals surface area contributed by atoms with Crippen LogP contribution in [0.15, 0.2) is 18.2 Å². The fourth-order valence-corrected chi connectivity index (χ4v) is 3.55. The van der Waals surface area contributed by atoms with Crippen LogP contribution in [0.1, 0.15) is 66.0 Å². The normalized spacial score (nSPS) is 21.6. The zero-order chi connectivity index (χ0) is 26.6. The lowest BCUT2D eigenvalue weighted by molar-refractivity contribution is -0.155. The summed E-state index contributed by atoms with van der Waals surface area (Å²) in [6, 6.07) is 4.50. The van der Waals surface area contributed by atoms with Gasteiger partial charge in [0.2, 0.25) is 0 Å². The van der Waals surface area contributed by atoms with Gasteiger partial charge in [-0.1, -0.05) is 6.07 Å². The molecule has 3 atom stereocenters. The van der Waals surface area contributed by atoms with Gasteiger partial charge in [0.15, 0.2) is 6.04 Å². The van der Waals surface area contributed by atoms with E-state index < -0.39 is 47.6 Å². The summed E-state index contributed by atoms with van der Waals surface area (Å²) in [5, 5.41) is 0. The Hall–Kier alpha value is -2.81. The average Bonchev–Trinajstić information content (AvgIpc) is 2.68. The molecule has 1 aromatic rings. The molecule has 0 N–H and O–H groups in total. The number of hydrogen-bond donors (Lipinski definition) is 0. The van der Waals surface area contributed by atoms with E-state index in [1.165, 1.54) is 0 Å². The van der Waals surface area contributed by atoms with E-state index >= 15 is 0 Å².